The molecule has 0 aliphatic rings. The van der Waals surface area contributed by atoms with Gasteiger partial charge in [0.2, 0.25) is 0 Å². The Bertz CT molecular complexity index is 799. The molecule has 0 amide bonds. The third-order valence-corrected chi connectivity index (χ3v) is 6.04. The van der Waals surface area contributed by atoms with Crippen molar-refractivity contribution in [3.63, 3.8) is 0 Å². The molecule has 0 fully saturated rings. The monoisotopic (exact) mass is 396 g/mol. The Kier molecular flexibility index (Phi) is 5.56. The molecule has 2 heterocycles. The van der Waals surface area contributed by atoms with Crippen LogP contribution in [0.5, 0.6) is 0 Å². The summed E-state index contributed by atoms with van der Waals surface area (Å²) in [6.07, 6.45) is 0. The Morgan fingerprint density at radius 3 is 2.55 bits per heavy atom. The lowest BCUT2D eigenvalue weighted by Gasteiger charge is -2.20. The van der Waals surface area contributed by atoms with Gasteiger partial charge < -0.3 is 4.90 Å². The van der Waals surface area contributed by atoms with Gasteiger partial charge in [-0.25, -0.2) is 0 Å². The first-order chi connectivity index (χ1) is 10.3. The maximum atomic E-state index is 9.37. The first-order valence-corrected chi connectivity index (χ1v) is 9.03. The van der Waals surface area contributed by atoms with Crippen LogP contribution < -0.4 is 4.90 Å². The summed E-state index contributed by atoms with van der Waals surface area (Å²) in [5.74, 6) is 0. The van der Waals surface area contributed by atoms with E-state index in [4.69, 9.17) is 12.2 Å². The van der Waals surface area contributed by atoms with Crippen LogP contribution in [0.4, 0.5) is 0 Å². The molecule has 2 rings (SSSR count). The Labute approximate surface area is 148 Å². The van der Waals surface area contributed by atoms with Gasteiger partial charge in [0.15, 0.2) is 6.67 Å². The molecule has 22 heavy (non-hydrogen) atoms. The Morgan fingerprint density at radius 1 is 1.32 bits per heavy atom. The van der Waals surface area contributed by atoms with Gasteiger partial charge in [-0.1, -0.05) is 12.2 Å². The number of rotatable bonds is 4. The summed E-state index contributed by atoms with van der Waals surface area (Å²) in [5.41, 5.74) is 3.93. The summed E-state index contributed by atoms with van der Waals surface area (Å²) in [6, 6.07) is 6.48. The van der Waals surface area contributed by atoms with Crippen molar-refractivity contribution in [3.8, 4) is 6.07 Å². The minimum Gasteiger partial charge on any atom is -0.316 e. The number of quaternary nitrogens is 1. The van der Waals surface area contributed by atoms with Gasteiger partial charge in [0.25, 0.3) is 0 Å². The van der Waals surface area contributed by atoms with Crippen LogP contribution in [0.3, 0.4) is 0 Å². The van der Waals surface area contributed by atoms with E-state index in [0.29, 0.717) is 10.2 Å². The van der Waals surface area contributed by atoms with Gasteiger partial charge in [-0.15, -0.1) is 11.3 Å². The molecular weight excluding hydrogens is 378 g/mol. The first-order valence-electron chi connectivity index (χ1n) is 7.01. The molecule has 0 aliphatic heterocycles. The molecule has 2 aromatic heterocycles. The van der Waals surface area contributed by atoms with Crippen LogP contribution in [0.15, 0.2) is 15.9 Å². The van der Waals surface area contributed by atoms with E-state index in [-0.39, 0.29) is 0 Å². The molecule has 0 saturated carbocycles. The second-order valence-corrected chi connectivity index (χ2v) is 8.49. The second-order valence-electron chi connectivity index (χ2n) is 5.55. The predicted molar refractivity (Wildman–Crippen MR) is 96.8 cm³/mol. The van der Waals surface area contributed by atoms with Crippen LogP contribution in [0.25, 0.3) is 0 Å². The number of thiophene rings is 1. The van der Waals surface area contributed by atoms with Crippen molar-refractivity contribution in [3.05, 3.63) is 47.8 Å². The number of hydrogen-bond acceptors (Lipinski definition) is 3. The van der Waals surface area contributed by atoms with Crippen molar-refractivity contribution in [1.82, 2.24) is 4.57 Å². The second kappa shape index (κ2) is 7.05. The number of pyridine rings is 1. The third kappa shape index (κ3) is 3.49. The van der Waals surface area contributed by atoms with Gasteiger partial charge in [-0.3, -0.25) is 4.57 Å². The molecule has 0 aliphatic carbocycles. The zero-order valence-electron chi connectivity index (χ0n) is 13.2. The van der Waals surface area contributed by atoms with Crippen molar-refractivity contribution in [2.45, 2.75) is 34.0 Å². The summed E-state index contributed by atoms with van der Waals surface area (Å²) < 4.78 is 3.89. The largest absolute Gasteiger partial charge is 0.316 e. The number of nitrogens with one attached hydrogen (secondary N) is 1. The van der Waals surface area contributed by atoms with Gasteiger partial charge in [-0.05, 0) is 60.0 Å². The Hall–Kier alpha value is -1.00. The highest BCUT2D eigenvalue weighted by atomic mass is 79.9. The van der Waals surface area contributed by atoms with Gasteiger partial charge in [0.05, 0.1) is 21.3 Å². The summed E-state index contributed by atoms with van der Waals surface area (Å²) in [7, 11) is 2.15. The molecule has 1 unspecified atom stereocenters. The maximum Gasteiger partial charge on any atom is 0.157 e. The van der Waals surface area contributed by atoms with Gasteiger partial charge in [-0.2, -0.15) is 5.26 Å². The Morgan fingerprint density at radius 2 is 2.00 bits per heavy atom. The lowest BCUT2D eigenvalue weighted by Crippen LogP contribution is -3.06. The lowest BCUT2D eigenvalue weighted by molar-refractivity contribution is -0.916. The number of nitriles is 1. The summed E-state index contributed by atoms with van der Waals surface area (Å²) in [5, 5.41) is 9.37. The molecule has 1 N–H and O–H groups in total. The van der Waals surface area contributed by atoms with E-state index in [1.54, 1.807) is 11.3 Å². The molecule has 1 atom stereocenters. The lowest BCUT2D eigenvalue weighted by atomic mass is 10.0. The molecule has 0 aromatic carbocycles. The van der Waals surface area contributed by atoms with Crippen LogP contribution >= 0.6 is 39.5 Å². The summed E-state index contributed by atoms with van der Waals surface area (Å²) >= 11 is 10.8. The molecule has 116 valence electrons. The van der Waals surface area contributed by atoms with Crippen molar-refractivity contribution in [2.75, 3.05) is 7.05 Å². The van der Waals surface area contributed by atoms with E-state index in [9.17, 15) is 5.26 Å². The van der Waals surface area contributed by atoms with Gasteiger partial charge in [0, 0.05) is 5.69 Å². The van der Waals surface area contributed by atoms with Crippen molar-refractivity contribution >= 4 is 39.5 Å². The topological polar surface area (TPSA) is 33.2 Å². The quantitative estimate of drug-likeness (QED) is 0.801. The molecule has 0 radical (unpaired) electrons. The van der Waals surface area contributed by atoms with Crippen molar-refractivity contribution in [2.24, 2.45) is 0 Å². The van der Waals surface area contributed by atoms with Crippen LogP contribution in [-0.4, -0.2) is 11.6 Å². The molecule has 3 nitrogen and oxygen atoms in total. The molecule has 0 saturated heterocycles. The van der Waals surface area contributed by atoms with Crippen molar-refractivity contribution < 1.29 is 4.90 Å². The fraction of sp³-hybridized carbons (Fsp3) is 0.375. The van der Waals surface area contributed by atoms with Crippen LogP contribution in [0.1, 0.15) is 27.3 Å². The predicted octanol–water partition coefficient (Wildman–Crippen LogP) is 3.51. The fourth-order valence-electron chi connectivity index (χ4n) is 2.50. The third-order valence-electron chi connectivity index (χ3n) is 3.99. The normalized spacial score (nSPS) is 12.2. The Balaban J connectivity index is 2.31. The maximum absolute atomic E-state index is 9.37. The van der Waals surface area contributed by atoms with Crippen molar-refractivity contribution in [1.29, 1.82) is 5.26 Å². The van der Waals surface area contributed by atoms with Gasteiger partial charge in [0.1, 0.15) is 17.3 Å². The molecule has 0 spiro atoms. The number of halogens is 1. The first kappa shape index (κ1) is 17.4. The van der Waals surface area contributed by atoms with Crippen LogP contribution in [0, 0.1) is 36.7 Å². The standard InChI is InChI=1S/C16H18BrN3S2/c1-10-11(2)14(7-18)16(21)20(12(10)3)9-19(4)8-13-5-6-15(17)22-13/h5-6H,8-9H2,1-4H3/p+1. The average molecular weight is 397 g/mol. The highest BCUT2D eigenvalue weighted by molar-refractivity contribution is 9.11. The minimum absolute atomic E-state index is 0.629. The number of hydrogen-bond donors (Lipinski definition) is 1. The van der Waals surface area contributed by atoms with Crippen LogP contribution in [0.2, 0.25) is 0 Å². The fourth-order valence-corrected chi connectivity index (χ4v) is 4.50. The molecular formula is C16H19BrN3S2+. The zero-order valence-corrected chi connectivity index (χ0v) is 16.4. The van der Waals surface area contributed by atoms with E-state index in [2.05, 4.69) is 59.6 Å². The summed E-state index contributed by atoms with van der Waals surface area (Å²) in [4.78, 5) is 2.67. The minimum atomic E-state index is 0.629. The van der Waals surface area contributed by atoms with Gasteiger partial charge >= 0.3 is 0 Å². The van der Waals surface area contributed by atoms with E-state index in [1.807, 2.05) is 6.92 Å². The van der Waals surface area contributed by atoms with E-state index in [0.717, 1.165) is 33.8 Å². The van der Waals surface area contributed by atoms with E-state index < -0.39 is 0 Å². The highest BCUT2D eigenvalue weighted by Crippen LogP contribution is 2.21. The zero-order chi connectivity index (χ0) is 16.4. The average Bonchev–Trinajstić information content (AvgIpc) is 2.87. The number of nitrogens with zero attached hydrogens (tertiary/aromatic N) is 2. The molecule has 6 heteroatoms. The molecule has 2 aromatic rings. The highest BCUT2D eigenvalue weighted by Gasteiger charge is 2.15. The smallest absolute Gasteiger partial charge is 0.157 e. The molecule has 0 bridgehead atoms. The summed E-state index contributed by atoms with van der Waals surface area (Å²) in [6.45, 7) is 7.81. The van der Waals surface area contributed by atoms with E-state index >= 15 is 0 Å². The van der Waals surface area contributed by atoms with Crippen LogP contribution in [-0.2, 0) is 13.2 Å². The van der Waals surface area contributed by atoms with E-state index in [1.165, 1.54) is 9.78 Å². The SMILES string of the molecule is Cc1c(C)c(C)n(C[NH+](C)Cc2ccc(Br)s2)c(=S)c1C#N. The number of aromatic nitrogens is 1.